The van der Waals surface area contributed by atoms with Gasteiger partial charge in [0.1, 0.15) is 0 Å². The minimum atomic E-state index is -1.65. The third-order valence-corrected chi connectivity index (χ3v) is 4.20. The molecular formula is C21H13F3N4O. The molecule has 0 aliphatic heterocycles. The second kappa shape index (κ2) is 7.59. The molecule has 0 spiro atoms. The molecule has 0 aliphatic carbocycles. The largest absolute Gasteiger partial charge is 0.352 e. The Kier molecular flexibility index (Phi) is 4.82. The number of anilines is 3. The summed E-state index contributed by atoms with van der Waals surface area (Å²) in [5, 5.41) is 6.30. The van der Waals surface area contributed by atoms with Gasteiger partial charge in [0, 0.05) is 17.8 Å². The standard InChI is InChI=1S/C21H13F3N4O/c22-15-6-7-16(19(24)18(15)23)28-21(29)13-9-14(11-25-10-13)27-17-5-1-3-12-4-2-8-26-20(12)17/h1-11,27H,(H,28,29). The Hall–Kier alpha value is -3.94. The van der Waals surface area contributed by atoms with Gasteiger partial charge in [0.05, 0.1) is 34.3 Å². The van der Waals surface area contributed by atoms with E-state index in [9.17, 15) is 18.0 Å². The number of amides is 1. The zero-order valence-corrected chi connectivity index (χ0v) is 14.8. The molecule has 144 valence electrons. The van der Waals surface area contributed by atoms with Crippen LogP contribution in [-0.4, -0.2) is 15.9 Å². The molecule has 29 heavy (non-hydrogen) atoms. The van der Waals surface area contributed by atoms with Gasteiger partial charge in [0.2, 0.25) is 0 Å². The van der Waals surface area contributed by atoms with Crippen molar-refractivity contribution in [1.29, 1.82) is 0 Å². The van der Waals surface area contributed by atoms with Crippen LogP contribution in [0.25, 0.3) is 10.9 Å². The Morgan fingerprint density at radius 1 is 0.897 bits per heavy atom. The highest BCUT2D eigenvalue weighted by molar-refractivity contribution is 6.04. The summed E-state index contributed by atoms with van der Waals surface area (Å²) in [7, 11) is 0. The van der Waals surface area contributed by atoms with E-state index in [1.807, 2.05) is 30.3 Å². The van der Waals surface area contributed by atoms with Crippen molar-refractivity contribution in [2.24, 2.45) is 0 Å². The quantitative estimate of drug-likeness (QED) is 0.476. The predicted molar refractivity (Wildman–Crippen MR) is 104 cm³/mol. The number of halogens is 3. The van der Waals surface area contributed by atoms with E-state index in [0.29, 0.717) is 11.4 Å². The van der Waals surface area contributed by atoms with Gasteiger partial charge in [-0.05, 0) is 30.3 Å². The lowest BCUT2D eigenvalue weighted by molar-refractivity contribution is 0.102. The molecule has 0 saturated carbocycles. The molecule has 5 nitrogen and oxygen atoms in total. The second-order valence-electron chi connectivity index (χ2n) is 6.15. The molecule has 0 unspecified atom stereocenters. The van der Waals surface area contributed by atoms with Crippen LogP contribution < -0.4 is 10.6 Å². The van der Waals surface area contributed by atoms with Crippen molar-refractivity contribution in [3.8, 4) is 0 Å². The Morgan fingerprint density at radius 3 is 2.59 bits per heavy atom. The van der Waals surface area contributed by atoms with Gasteiger partial charge in [0.15, 0.2) is 17.5 Å². The summed E-state index contributed by atoms with van der Waals surface area (Å²) in [5.74, 6) is -5.18. The summed E-state index contributed by atoms with van der Waals surface area (Å²) in [5.41, 5.74) is 1.60. The van der Waals surface area contributed by atoms with E-state index < -0.39 is 29.0 Å². The minimum Gasteiger partial charge on any atom is -0.352 e. The molecule has 4 rings (SSSR count). The second-order valence-corrected chi connectivity index (χ2v) is 6.15. The number of pyridine rings is 2. The molecule has 0 aliphatic rings. The smallest absolute Gasteiger partial charge is 0.257 e. The lowest BCUT2D eigenvalue weighted by Gasteiger charge is -2.11. The average molecular weight is 394 g/mol. The number of nitrogens with zero attached hydrogens (tertiary/aromatic N) is 2. The third kappa shape index (κ3) is 3.73. The number of carbonyl (C=O) groups is 1. The van der Waals surface area contributed by atoms with Gasteiger partial charge >= 0.3 is 0 Å². The Balaban J connectivity index is 1.59. The fourth-order valence-electron chi connectivity index (χ4n) is 2.81. The van der Waals surface area contributed by atoms with Crippen LogP contribution in [0.4, 0.5) is 30.2 Å². The first-order valence-electron chi connectivity index (χ1n) is 8.53. The first-order valence-corrected chi connectivity index (χ1v) is 8.53. The van der Waals surface area contributed by atoms with Crippen molar-refractivity contribution < 1.29 is 18.0 Å². The highest BCUT2D eigenvalue weighted by Gasteiger charge is 2.16. The average Bonchev–Trinajstić information content (AvgIpc) is 2.74. The molecular weight excluding hydrogens is 381 g/mol. The topological polar surface area (TPSA) is 66.9 Å². The molecule has 0 bridgehead atoms. The Labute approximate surface area is 163 Å². The van der Waals surface area contributed by atoms with E-state index in [1.54, 1.807) is 6.20 Å². The number of para-hydroxylation sites is 1. The van der Waals surface area contributed by atoms with Crippen molar-refractivity contribution in [2.45, 2.75) is 0 Å². The van der Waals surface area contributed by atoms with Gasteiger partial charge in [0.25, 0.3) is 5.91 Å². The fourth-order valence-corrected chi connectivity index (χ4v) is 2.81. The molecule has 0 fully saturated rings. The lowest BCUT2D eigenvalue weighted by Crippen LogP contribution is -2.14. The lowest BCUT2D eigenvalue weighted by atomic mass is 10.2. The number of fused-ring (bicyclic) bond motifs is 1. The molecule has 0 radical (unpaired) electrons. The summed E-state index contributed by atoms with van der Waals surface area (Å²) >= 11 is 0. The monoisotopic (exact) mass is 394 g/mol. The number of carbonyl (C=O) groups excluding carboxylic acids is 1. The summed E-state index contributed by atoms with van der Waals surface area (Å²) in [6.07, 6.45) is 4.46. The van der Waals surface area contributed by atoms with Gasteiger partial charge in [-0.1, -0.05) is 18.2 Å². The molecule has 4 aromatic rings. The van der Waals surface area contributed by atoms with Crippen LogP contribution in [0.2, 0.25) is 0 Å². The molecule has 2 N–H and O–H groups in total. The molecule has 2 heterocycles. The van der Waals surface area contributed by atoms with Crippen LogP contribution in [0.3, 0.4) is 0 Å². The van der Waals surface area contributed by atoms with Crippen LogP contribution in [0.15, 0.2) is 67.1 Å². The van der Waals surface area contributed by atoms with Gasteiger partial charge in [-0.15, -0.1) is 0 Å². The predicted octanol–water partition coefficient (Wildman–Crippen LogP) is 5.04. The van der Waals surface area contributed by atoms with E-state index in [1.165, 1.54) is 18.5 Å². The molecule has 2 aromatic heterocycles. The number of hydrogen-bond donors (Lipinski definition) is 2. The number of hydrogen-bond acceptors (Lipinski definition) is 4. The van der Waals surface area contributed by atoms with Crippen LogP contribution in [0.5, 0.6) is 0 Å². The van der Waals surface area contributed by atoms with Gasteiger partial charge < -0.3 is 10.6 Å². The maximum Gasteiger partial charge on any atom is 0.257 e. The van der Waals surface area contributed by atoms with Crippen LogP contribution >= 0.6 is 0 Å². The van der Waals surface area contributed by atoms with Crippen LogP contribution in [0, 0.1) is 17.5 Å². The highest BCUT2D eigenvalue weighted by Crippen LogP contribution is 2.25. The van der Waals surface area contributed by atoms with E-state index in [2.05, 4.69) is 20.6 Å². The number of aromatic nitrogens is 2. The van der Waals surface area contributed by atoms with Crippen molar-refractivity contribution in [3.05, 3.63) is 90.1 Å². The van der Waals surface area contributed by atoms with E-state index in [4.69, 9.17) is 0 Å². The summed E-state index contributed by atoms with van der Waals surface area (Å²) in [6, 6.07) is 12.6. The van der Waals surface area contributed by atoms with Gasteiger partial charge in [-0.25, -0.2) is 13.2 Å². The maximum absolute atomic E-state index is 13.8. The molecule has 0 saturated heterocycles. The van der Waals surface area contributed by atoms with Gasteiger partial charge in [-0.2, -0.15) is 0 Å². The number of rotatable bonds is 4. The zero-order chi connectivity index (χ0) is 20.4. The third-order valence-electron chi connectivity index (χ3n) is 4.20. The number of nitrogens with one attached hydrogen (secondary N) is 2. The first-order chi connectivity index (χ1) is 14.0. The summed E-state index contributed by atoms with van der Waals surface area (Å²) in [6.45, 7) is 0. The molecule has 8 heteroatoms. The van der Waals surface area contributed by atoms with E-state index >= 15 is 0 Å². The van der Waals surface area contributed by atoms with E-state index in [-0.39, 0.29) is 5.56 Å². The SMILES string of the molecule is O=C(Nc1ccc(F)c(F)c1F)c1cncc(Nc2cccc3cccnc23)c1. The van der Waals surface area contributed by atoms with Crippen LogP contribution in [-0.2, 0) is 0 Å². The van der Waals surface area contributed by atoms with Crippen molar-refractivity contribution in [1.82, 2.24) is 9.97 Å². The summed E-state index contributed by atoms with van der Waals surface area (Å²) in [4.78, 5) is 20.8. The molecule has 1 amide bonds. The molecule has 2 aromatic carbocycles. The van der Waals surface area contributed by atoms with Crippen LogP contribution in [0.1, 0.15) is 10.4 Å². The normalized spacial score (nSPS) is 10.7. The Bertz CT molecular complexity index is 1220. The molecule has 0 atom stereocenters. The summed E-state index contributed by atoms with van der Waals surface area (Å²) < 4.78 is 40.2. The van der Waals surface area contributed by atoms with Crippen molar-refractivity contribution >= 4 is 33.9 Å². The Morgan fingerprint density at radius 2 is 1.72 bits per heavy atom. The van der Waals surface area contributed by atoms with Gasteiger partial charge in [-0.3, -0.25) is 14.8 Å². The fraction of sp³-hybridized carbons (Fsp3) is 0. The zero-order valence-electron chi connectivity index (χ0n) is 14.8. The highest BCUT2D eigenvalue weighted by atomic mass is 19.2. The van der Waals surface area contributed by atoms with Crippen molar-refractivity contribution in [2.75, 3.05) is 10.6 Å². The number of benzene rings is 2. The van der Waals surface area contributed by atoms with Crippen molar-refractivity contribution in [3.63, 3.8) is 0 Å². The minimum absolute atomic E-state index is 0.104. The van der Waals surface area contributed by atoms with E-state index in [0.717, 1.165) is 23.0 Å². The first kappa shape index (κ1) is 18.4. The maximum atomic E-state index is 13.8.